The Bertz CT molecular complexity index is 457. The van der Waals surface area contributed by atoms with Crippen molar-refractivity contribution in [3.63, 3.8) is 0 Å². The van der Waals surface area contributed by atoms with Crippen LogP contribution in [0.1, 0.15) is 18.4 Å². The summed E-state index contributed by atoms with van der Waals surface area (Å²) < 4.78 is 65.6. The maximum absolute atomic E-state index is 13.4. The van der Waals surface area contributed by atoms with E-state index in [1.807, 2.05) is 0 Å². The van der Waals surface area contributed by atoms with Gasteiger partial charge in [0.25, 0.3) is 0 Å². The first-order valence-corrected chi connectivity index (χ1v) is 6.44. The van der Waals surface area contributed by atoms with Crippen LogP contribution in [0.5, 0.6) is 0 Å². The van der Waals surface area contributed by atoms with Crippen molar-refractivity contribution >= 4 is 0 Å². The number of nitrogens with one attached hydrogen (secondary N) is 2. The number of benzene rings is 1. The lowest BCUT2D eigenvalue weighted by molar-refractivity contribution is 0.345. The number of rotatable bonds is 4. The zero-order valence-electron chi connectivity index (χ0n) is 10.7. The van der Waals surface area contributed by atoms with Gasteiger partial charge in [-0.3, -0.25) is 0 Å². The highest BCUT2D eigenvalue weighted by Gasteiger charge is 2.25. The first-order chi connectivity index (χ1) is 9.52. The van der Waals surface area contributed by atoms with Crippen LogP contribution in [-0.2, 0) is 6.54 Å². The Morgan fingerprint density at radius 2 is 1.35 bits per heavy atom. The topological polar surface area (TPSA) is 24.1 Å². The molecule has 1 saturated heterocycles. The molecule has 1 aliphatic rings. The van der Waals surface area contributed by atoms with Gasteiger partial charge in [-0.05, 0) is 38.4 Å². The number of piperidine rings is 1. The number of hydrogen-bond donors (Lipinski definition) is 2. The number of halogens is 5. The van der Waals surface area contributed by atoms with E-state index in [0.717, 1.165) is 25.9 Å². The van der Waals surface area contributed by atoms with E-state index in [4.69, 9.17) is 0 Å². The minimum absolute atomic E-state index is 0.345. The van der Waals surface area contributed by atoms with E-state index < -0.39 is 34.6 Å². The fourth-order valence-corrected chi connectivity index (χ4v) is 2.29. The molecule has 1 fully saturated rings. The molecule has 0 unspecified atom stereocenters. The molecule has 7 heteroatoms. The molecule has 112 valence electrons. The van der Waals surface area contributed by atoms with Gasteiger partial charge in [0, 0.05) is 12.1 Å². The molecule has 0 radical (unpaired) electrons. The summed E-state index contributed by atoms with van der Waals surface area (Å²) >= 11 is 0. The second-order valence-electron chi connectivity index (χ2n) is 4.87. The third-order valence-corrected chi connectivity index (χ3v) is 3.49. The summed E-state index contributed by atoms with van der Waals surface area (Å²) in [4.78, 5) is 0. The monoisotopic (exact) mass is 294 g/mol. The summed E-state index contributed by atoms with van der Waals surface area (Å²) in [5.74, 6) is -9.11. The second kappa shape index (κ2) is 6.49. The van der Waals surface area contributed by atoms with Gasteiger partial charge in [-0.25, -0.2) is 22.0 Å². The lowest BCUT2D eigenvalue weighted by atomic mass is 9.98. The van der Waals surface area contributed by atoms with Gasteiger partial charge < -0.3 is 10.6 Å². The quantitative estimate of drug-likeness (QED) is 0.506. The third-order valence-electron chi connectivity index (χ3n) is 3.49. The minimum Gasteiger partial charge on any atom is -0.317 e. The van der Waals surface area contributed by atoms with Gasteiger partial charge in [0.1, 0.15) is 0 Å². The zero-order valence-corrected chi connectivity index (χ0v) is 10.7. The zero-order chi connectivity index (χ0) is 14.7. The third kappa shape index (κ3) is 3.09. The van der Waals surface area contributed by atoms with Gasteiger partial charge in [0.15, 0.2) is 23.3 Å². The maximum atomic E-state index is 13.4. The molecule has 0 atom stereocenters. The van der Waals surface area contributed by atoms with Gasteiger partial charge in [0.05, 0.1) is 0 Å². The van der Waals surface area contributed by atoms with Crippen molar-refractivity contribution in [1.29, 1.82) is 0 Å². The van der Waals surface area contributed by atoms with Crippen molar-refractivity contribution in [2.75, 3.05) is 19.6 Å². The molecular formula is C13H15F5N2. The summed E-state index contributed by atoms with van der Waals surface area (Å²) in [5.41, 5.74) is -0.810. The fourth-order valence-electron chi connectivity index (χ4n) is 2.29. The second-order valence-corrected chi connectivity index (χ2v) is 4.87. The van der Waals surface area contributed by atoms with Crippen molar-refractivity contribution in [3.8, 4) is 0 Å². The molecule has 20 heavy (non-hydrogen) atoms. The average Bonchev–Trinajstić information content (AvgIpc) is 2.48. The van der Waals surface area contributed by atoms with Crippen molar-refractivity contribution in [1.82, 2.24) is 10.6 Å². The molecular weight excluding hydrogens is 279 g/mol. The van der Waals surface area contributed by atoms with Crippen LogP contribution >= 0.6 is 0 Å². The Kier molecular flexibility index (Phi) is 4.93. The lowest BCUT2D eigenvalue weighted by Gasteiger charge is -2.23. The molecule has 0 aliphatic carbocycles. The summed E-state index contributed by atoms with van der Waals surface area (Å²) in [6.07, 6.45) is 1.84. The molecule has 0 saturated carbocycles. The van der Waals surface area contributed by atoms with E-state index in [2.05, 4.69) is 10.6 Å². The molecule has 0 bridgehead atoms. The molecule has 1 aliphatic heterocycles. The van der Waals surface area contributed by atoms with E-state index in [1.165, 1.54) is 0 Å². The largest absolute Gasteiger partial charge is 0.317 e. The molecule has 1 aromatic carbocycles. The standard InChI is InChI=1S/C13H15F5N2/c14-9-8(10(15)12(17)13(18)11(9)16)6-20-5-7-1-3-19-4-2-7/h7,19-20H,1-6H2. The fraction of sp³-hybridized carbons (Fsp3) is 0.538. The number of hydrogen-bond acceptors (Lipinski definition) is 2. The molecule has 0 spiro atoms. The van der Waals surface area contributed by atoms with Crippen LogP contribution in [0.4, 0.5) is 22.0 Å². The summed E-state index contributed by atoms with van der Waals surface area (Å²) in [7, 11) is 0. The highest BCUT2D eigenvalue weighted by molar-refractivity contribution is 5.23. The van der Waals surface area contributed by atoms with E-state index in [1.54, 1.807) is 0 Å². The molecule has 0 amide bonds. The molecule has 2 N–H and O–H groups in total. The van der Waals surface area contributed by atoms with Crippen molar-refractivity contribution < 1.29 is 22.0 Å². The Morgan fingerprint density at radius 3 is 1.90 bits per heavy atom. The van der Waals surface area contributed by atoms with Gasteiger partial charge >= 0.3 is 0 Å². The Balaban J connectivity index is 2.02. The first kappa shape index (κ1) is 15.2. The first-order valence-electron chi connectivity index (χ1n) is 6.44. The van der Waals surface area contributed by atoms with Crippen LogP contribution in [0.3, 0.4) is 0 Å². The predicted molar refractivity (Wildman–Crippen MR) is 63.5 cm³/mol. The van der Waals surface area contributed by atoms with Gasteiger partial charge in [-0.15, -0.1) is 0 Å². The highest BCUT2D eigenvalue weighted by atomic mass is 19.2. The van der Waals surface area contributed by atoms with Crippen LogP contribution in [-0.4, -0.2) is 19.6 Å². The Morgan fingerprint density at radius 1 is 0.850 bits per heavy atom. The smallest absolute Gasteiger partial charge is 0.200 e. The SMILES string of the molecule is Fc1c(F)c(F)c(CNCC2CCNCC2)c(F)c1F. The molecule has 1 aromatic rings. The van der Waals surface area contributed by atoms with Gasteiger partial charge in [0.2, 0.25) is 5.82 Å². The molecule has 2 rings (SSSR count). The van der Waals surface area contributed by atoms with Crippen LogP contribution in [0.2, 0.25) is 0 Å². The van der Waals surface area contributed by atoms with Crippen LogP contribution in [0, 0.1) is 35.0 Å². The minimum atomic E-state index is -2.12. The molecule has 1 heterocycles. The van der Waals surface area contributed by atoms with E-state index in [-0.39, 0.29) is 6.54 Å². The van der Waals surface area contributed by atoms with Crippen molar-refractivity contribution in [2.45, 2.75) is 19.4 Å². The van der Waals surface area contributed by atoms with Crippen molar-refractivity contribution in [3.05, 3.63) is 34.6 Å². The predicted octanol–water partition coefficient (Wildman–Crippen LogP) is 2.47. The maximum Gasteiger partial charge on any atom is 0.200 e. The van der Waals surface area contributed by atoms with Crippen LogP contribution in [0.25, 0.3) is 0 Å². The lowest BCUT2D eigenvalue weighted by Crippen LogP contribution is -2.33. The normalized spacial score (nSPS) is 16.6. The molecule has 0 aromatic heterocycles. The van der Waals surface area contributed by atoms with E-state index in [9.17, 15) is 22.0 Å². The van der Waals surface area contributed by atoms with E-state index in [0.29, 0.717) is 12.5 Å². The van der Waals surface area contributed by atoms with Gasteiger partial charge in [-0.1, -0.05) is 0 Å². The summed E-state index contributed by atoms with van der Waals surface area (Å²) in [5, 5.41) is 5.94. The van der Waals surface area contributed by atoms with E-state index >= 15 is 0 Å². The average molecular weight is 294 g/mol. The summed E-state index contributed by atoms with van der Waals surface area (Å²) in [6, 6.07) is 0. The van der Waals surface area contributed by atoms with Crippen molar-refractivity contribution in [2.24, 2.45) is 5.92 Å². The van der Waals surface area contributed by atoms with Gasteiger partial charge in [-0.2, -0.15) is 0 Å². The van der Waals surface area contributed by atoms with Crippen LogP contribution < -0.4 is 10.6 Å². The summed E-state index contributed by atoms with van der Waals surface area (Å²) in [6.45, 7) is 1.85. The van der Waals surface area contributed by atoms with Crippen LogP contribution in [0.15, 0.2) is 0 Å². The Hall–Kier alpha value is -1.21. The molecule has 2 nitrogen and oxygen atoms in total. The highest BCUT2D eigenvalue weighted by Crippen LogP contribution is 2.23. The Labute approximate surface area is 113 Å².